The van der Waals surface area contributed by atoms with Gasteiger partial charge in [0.25, 0.3) is 0 Å². The first-order chi connectivity index (χ1) is 18.2. The van der Waals surface area contributed by atoms with E-state index in [0.29, 0.717) is 51.1 Å². The van der Waals surface area contributed by atoms with E-state index in [1.807, 2.05) is 73.7 Å². The lowest BCUT2D eigenvalue weighted by Gasteiger charge is -2.21. The molecular formula is C32H24O5. The van der Waals surface area contributed by atoms with Crippen molar-refractivity contribution in [2.75, 3.05) is 0 Å². The van der Waals surface area contributed by atoms with Gasteiger partial charge < -0.3 is 14.2 Å². The van der Waals surface area contributed by atoms with E-state index in [9.17, 15) is 9.59 Å². The van der Waals surface area contributed by atoms with Crippen LogP contribution in [0.5, 0.6) is 23.0 Å². The molecule has 0 heterocycles. The number of carbonyl (C=O) groups excluding carboxylic acids is 2. The summed E-state index contributed by atoms with van der Waals surface area (Å²) in [7, 11) is 0. The Morgan fingerprint density at radius 2 is 0.973 bits per heavy atom. The molecule has 0 N–H and O–H groups in total. The van der Waals surface area contributed by atoms with E-state index in [0.717, 1.165) is 0 Å². The second-order valence-electron chi connectivity index (χ2n) is 8.29. The minimum Gasteiger partial charge on any atom is -0.453 e. The highest BCUT2D eigenvalue weighted by Crippen LogP contribution is 2.48. The zero-order chi connectivity index (χ0) is 25.6. The minimum atomic E-state index is -0.514. The highest BCUT2D eigenvalue weighted by molar-refractivity contribution is 6.03. The molecule has 0 spiro atoms. The number of rotatable bonds is 7. The highest BCUT2D eigenvalue weighted by atomic mass is 16.6. The van der Waals surface area contributed by atoms with Crippen molar-refractivity contribution in [1.29, 1.82) is 0 Å². The quantitative estimate of drug-likeness (QED) is 0.174. The van der Waals surface area contributed by atoms with E-state index in [1.165, 1.54) is 0 Å². The van der Waals surface area contributed by atoms with Gasteiger partial charge in [0, 0.05) is 16.3 Å². The molecule has 0 aliphatic heterocycles. The molecule has 5 aromatic rings. The van der Waals surface area contributed by atoms with Gasteiger partial charge in [-0.05, 0) is 42.8 Å². The fourth-order valence-electron chi connectivity index (χ4n) is 4.11. The zero-order valence-corrected chi connectivity index (χ0v) is 20.2. The molecule has 0 amide bonds. The van der Waals surface area contributed by atoms with Crippen molar-refractivity contribution in [3.05, 3.63) is 132 Å². The summed E-state index contributed by atoms with van der Waals surface area (Å²) >= 11 is 0. The average molecular weight is 489 g/mol. The van der Waals surface area contributed by atoms with Gasteiger partial charge in [0.05, 0.1) is 11.1 Å². The summed E-state index contributed by atoms with van der Waals surface area (Å²) in [5.74, 6) is 0.527. The maximum absolute atomic E-state index is 13.1. The average Bonchev–Trinajstić information content (AvgIpc) is 2.96. The van der Waals surface area contributed by atoms with Crippen LogP contribution in [0.25, 0.3) is 10.8 Å². The third-order valence-corrected chi connectivity index (χ3v) is 5.90. The molecule has 0 unspecified atom stereocenters. The summed E-state index contributed by atoms with van der Waals surface area (Å²) in [6, 6.07) is 34.2. The Balaban J connectivity index is 1.70. The first-order valence-corrected chi connectivity index (χ1v) is 12.0. The summed E-state index contributed by atoms with van der Waals surface area (Å²) in [4.78, 5) is 26.2. The monoisotopic (exact) mass is 488 g/mol. The summed E-state index contributed by atoms with van der Waals surface area (Å²) in [5, 5.41) is 1.23. The molecule has 0 aliphatic carbocycles. The van der Waals surface area contributed by atoms with Crippen molar-refractivity contribution in [2.45, 2.75) is 13.3 Å². The van der Waals surface area contributed by atoms with E-state index in [2.05, 4.69) is 0 Å². The van der Waals surface area contributed by atoms with E-state index in [1.54, 1.807) is 48.5 Å². The maximum Gasteiger partial charge on any atom is 0.343 e. The third-order valence-electron chi connectivity index (χ3n) is 5.90. The van der Waals surface area contributed by atoms with Gasteiger partial charge in [0.2, 0.25) is 0 Å². The Morgan fingerprint density at radius 1 is 0.541 bits per heavy atom. The number of benzene rings is 5. The molecule has 0 saturated carbocycles. The lowest BCUT2D eigenvalue weighted by molar-refractivity contribution is 0.0718. The fourth-order valence-corrected chi connectivity index (χ4v) is 4.11. The second kappa shape index (κ2) is 10.8. The van der Waals surface area contributed by atoms with Crippen molar-refractivity contribution >= 4 is 22.7 Å². The van der Waals surface area contributed by atoms with Crippen LogP contribution in [0.15, 0.2) is 115 Å². The highest BCUT2D eigenvalue weighted by Gasteiger charge is 2.26. The zero-order valence-electron chi connectivity index (χ0n) is 20.2. The van der Waals surface area contributed by atoms with E-state index in [4.69, 9.17) is 14.2 Å². The molecule has 0 aliphatic rings. The number of ether oxygens (including phenoxy) is 3. The lowest BCUT2D eigenvalue weighted by Crippen LogP contribution is -2.13. The molecule has 182 valence electrons. The Morgan fingerprint density at radius 3 is 1.49 bits per heavy atom. The Hall–Kier alpha value is -4.90. The van der Waals surface area contributed by atoms with Crippen molar-refractivity contribution < 1.29 is 23.8 Å². The summed E-state index contributed by atoms with van der Waals surface area (Å²) in [5.41, 5.74) is 1.45. The molecule has 0 saturated heterocycles. The first kappa shape index (κ1) is 23.8. The van der Waals surface area contributed by atoms with E-state index < -0.39 is 11.9 Å². The van der Waals surface area contributed by atoms with Crippen LogP contribution in [0.2, 0.25) is 0 Å². The van der Waals surface area contributed by atoms with Crippen LogP contribution >= 0.6 is 0 Å². The van der Waals surface area contributed by atoms with Gasteiger partial charge in [-0.25, -0.2) is 9.59 Å². The van der Waals surface area contributed by atoms with Gasteiger partial charge in [0.15, 0.2) is 11.5 Å². The number of para-hydroxylation sites is 1. The molecule has 0 aromatic heterocycles. The normalized spacial score (nSPS) is 10.6. The molecule has 0 bridgehead atoms. The molecule has 0 radical (unpaired) electrons. The lowest BCUT2D eigenvalue weighted by atomic mass is 10.0. The molecule has 5 aromatic carbocycles. The SMILES string of the molecule is CCc1c(Oc2ccccc2)c(OC(=O)c2ccccc2)c2ccccc2c1OC(=O)c1ccccc1. The molecule has 5 nitrogen and oxygen atoms in total. The molecule has 0 fully saturated rings. The fraction of sp³-hybridized carbons (Fsp3) is 0.0625. The summed E-state index contributed by atoms with van der Waals surface area (Å²) in [6.07, 6.45) is 0.459. The number of fused-ring (bicyclic) bond motifs is 1. The number of esters is 2. The topological polar surface area (TPSA) is 61.8 Å². The Labute approximate surface area is 214 Å². The first-order valence-electron chi connectivity index (χ1n) is 12.0. The van der Waals surface area contributed by atoms with Crippen molar-refractivity contribution in [1.82, 2.24) is 0 Å². The van der Waals surface area contributed by atoms with Gasteiger partial charge in [-0.3, -0.25) is 0 Å². The minimum absolute atomic E-state index is 0.268. The Bertz CT molecular complexity index is 1540. The van der Waals surface area contributed by atoms with Crippen molar-refractivity contribution in [2.24, 2.45) is 0 Å². The van der Waals surface area contributed by atoms with Gasteiger partial charge >= 0.3 is 11.9 Å². The molecule has 0 atom stereocenters. The molecule has 5 heteroatoms. The maximum atomic E-state index is 13.1. The number of carbonyl (C=O) groups is 2. The Kier molecular flexibility index (Phi) is 6.95. The molecule has 37 heavy (non-hydrogen) atoms. The van der Waals surface area contributed by atoms with Crippen LogP contribution in [0, 0.1) is 0 Å². The predicted molar refractivity (Wildman–Crippen MR) is 143 cm³/mol. The van der Waals surface area contributed by atoms with E-state index >= 15 is 0 Å². The van der Waals surface area contributed by atoms with Crippen LogP contribution in [0.4, 0.5) is 0 Å². The standard InChI is InChI=1S/C32H24O5/c1-2-25-28(36-31(33)22-14-6-3-7-15-22)26-20-12-13-21-27(26)30(29(25)35-24-18-10-5-11-19-24)37-32(34)23-16-8-4-9-17-23/h3-21H,2H2,1H3. The van der Waals surface area contributed by atoms with Crippen molar-refractivity contribution in [3.8, 4) is 23.0 Å². The van der Waals surface area contributed by atoms with Gasteiger partial charge in [-0.2, -0.15) is 0 Å². The molecular weight excluding hydrogens is 464 g/mol. The van der Waals surface area contributed by atoms with Gasteiger partial charge in [-0.1, -0.05) is 85.8 Å². The van der Waals surface area contributed by atoms with Gasteiger partial charge in [0.1, 0.15) is 11.5 Å². The number of hydrogen-bond donors (Lipinski definition) is 0. The third kappa shape index (κ3) is 5.07. The largest absolute Gasteiger partial charge is 0.453 e. The number of hydrogen-bond acceptors (Lipinski definition) is 5. The molecule has 5 rings (SSSR count). The van der Waals surface area contributed by atoms with Crippen LogP contribution in [0.1, 0.15) is 33.2 Å². The summed E-state index contributed by atoms with van der Waals surface area (Å²) in [6.45, 7) is 1.94. The summed E-state index contributed by atoms with van der Waals surface area (Å²) < 4.78 is 18.3. The van der Waals surface area contributed by atoms with Gasteiger partial charge in [-0.15, -0.1) is 0 Å². The van der Waals surface area contributed by atoms with Crippen LogP contribution in [0.3, 0.4) is 0 Å². The van der Waals surface area contributed by atoms with E-state index in [-0.39, 0.29) is 5.75 Å². The smallest absolute Gasteiger partial charge is 0.343 e. The second-order valence-corrected chi connectivity index (χ2v) is 8.29. The van der Waals surface area contributed by atoms with Crippen LogP contribution < -0.4 is 14.2 Å². The van der Waals surface area contributed by atoms with Crippen LogP contribution in [-0.2, 0) is 6.42 Å². The predicted octanol–water partition coefficient (Wildman–Crippen LogP) is 7.63. The van der Waals surface area contributed by atoms with Crippen molar-refractivity contribution in [3.63, 3.8) is 0 Å². The van der Waals surface area contributed by atoms with Crippen LogP contribution in [-0.4, -0.2) is 11.9 Å².